The van der Waals surface area contributed by atoms with Gasteiger partial charge in [0, 0.05) is 18.3 Å². The molecule has 3 heterocycles. The van der Waals surface area contributed by atoms with E-state index in [4.69, 9.17) is 9.47 Å². The number of amides is 1. The lowest BCUT2D eigenvalue weighted by molar-refractivity contribution is -0.116. The molecule has 5 rings (SSSR count). The van der Waals surface area contributed by atoms with Gasteiger partial charge in [-0.15, -0.1) is 10.2 Å². The van der Waals surface area contributed by atoms with E-state index >= 15 is 0 Å². The van der Waals surface area contributed by atoms with Crippen LogP contribution in [0.1, 0.15) is 37.6 Å². The number of aromatic nitrogens is 3. The van der Waals surface area contributed by atoms with Crippen molar-refractivity contribution in [2.75, 3.05) is 17.3 Å². The summed E-state index contributed by atoms with van der Waals surface area (Å²) in [6.45, 7) is 3.70. The van der Waals surface area contributed by atoms with E-state index in [-0.39, 0.29) is 36.2 Å². The highest BCUT2D eigenvalue weighted by molar-refractivity contribution is 7.99. The third-order valence-corrected chi connectivity index (χ3v) is 7.43. The van der Waals surface area contributed by atoms with E-state index in [1.807, 2.05) is 41.8 Å². The molecule has 9 heteroatoms. The highest BCUT2D eigenvalue weighted by Gasteiger charge is 2.29. The van der Waals surface area contributed by atoms with Crippen LogP contribution >= 0.6 is 11.8 Å². The third-order valence-electron chi connectivity index (χ3n) is 6.48. The zero-order chi connectivity index (χ0) is 24.2. The molecule has 1 amide bonds. The number of thioether (sulfide) groups is 1. The number of hydrogen-bond acceptors (Lipinski definition) is 6. The van der Waals surface area contributed by atoms with Gasteiger partial charge in [0.25, 0.3) is 0 Å². The van der Waals surface area contributed by atoms with Gasteiger partial charge in [-0.1, -0.05) is 30.0 Å². The summed E-state index contributed by atoms with van der Waals surface area (Å²) in [5.41, 5.74) is 1.68. The number of para-hydroxylation sites is 1. The first-order valence-corrected chi connectivity index (χ1v) is 13.0. The molecular weight excluding hydrogens is 467 g/mol. The molecule has 0 saturated carbocycles. The summed E-state index contributed by atoms with van der Waals surface area (Å²) >= 11 is 1.37. The average Bonchev–Trinajstić information content (AvgIpc) is 3.52. The second-order valence-electron chi connectivity index (χ2n) is 8.96. The van der Waals surface area contributed by atoms with E-state index in [0.717, 1.165) is 49.3 Å². The first-order chi connectivity index (χ1) is 17.1. The zero-order valence-electron chi connectivity index (χ0n) is 19.7. The molecule has 3 aromatic rings. The molecule has 0 aliphatic carbocycles. The van der Waals surface area contributed by atoms with Crippen molar-refractivity contribution >= 4 is 23.4 Å². The Hall–Kier alpha value is -2.91. The second kappa shape index (κ2) is 10.8. The number of halogens is 1. The third kappa shape index (κ3) is 5.51. The van der Waals surface area contributed by atoms with Gasteiger partial charge in [0.15, 0.2) is 11.0 Å². The SMILES string of the molecule is C[C@@H]1CCc2cc(F)ccc2N1C(=O)CSc1nnc(COc2ccccc2)n1C[C@H]1CCCO1. The standard InChI is InChI=1S/C26H29FN4O3S/c1-18-9-10-19-14-20(27)11-12-23(19)31(18)25(32)17-35-26-29-28-24(16-34-21-6-3-2-4-7-21)30(26)15-22-8-5-13-33-22/h2-4,6-7,11-12,14,18,22H,5,8-10,13,15-17H2,1H3/t18-,22-/m1/s1. The van der Waals surface area contributed by atoms with Gasteiger partial charge in [0.05, 0.1) is 18.4 Å². The lowest BCUT2D eigenvalue weighted by atomic mass is 9.96. The highest BCUT2D eigenvalue weighted by atomic mass is 32.2. The Morgan fingerprint density at radius 3 is 2.86 bits per heavy atom. The number of carbonyl (C=O) groups excluding carboxylic acids is 1. The van der Waals surface area contributed by atoms with E-state index in [9.17, 15) is 9.18 Å². The van der Waals surface area contributed by atoms with Crippen LogP contribution in [0.5, 0.6) is 5.75 Å². The van der Waals surface area contributed by atoms with Gasteiger partial charge < -0.3 is 18.9 Å². The summed E-state index contributed by atoms with van der Waals surface area (Å²) in [4.78, 5) is 15.1. The smallest absolute Gasteiger partial charge is 0.237 e. The second-order valence-corrected chi connectivity index (χ2v) is 9.90. The summed E-state index contributed by atoms with van der Waals surface area (Å²) in [6.07, 6.45) is 3.70. The number of aryl methyl sites for hydroxylation is 1. The van der Waals surface area contributed by atoms with E-state index in [1.54, 1.807) is 11.0 Å². The number of carbonyl (C=O) groups is 1. The largest absolute Gasteiger partial charge is 0.486 e. The molecule has 2 atom stereocenters. The number of benzene rings is 2. The van der Waals surface area contributed by atoms with Crippen molar-refractivity contribution in [2.24, 2.45) is 0 Å². The van der Waals surface area contributed by atoms with Gasteiger partial charge in [-0.2, -0.15) is 0 Å². The molecule has 0 spiro atoms. The summed E-state index contributed by atoms with van der Waals surface area (Å²) < 4.78 is 27.5. The van der Waals surface area contributed by atoms with Crippen LogP contribution in [-0.4, -0.2) is 45.2 Å². The molecule has 0 bridgehead atoms. The minimum atomic E-state index is -0.271. The summed E-state index contributed by atoms with van der Waals surface area (Å²) in [5.74, 6) is 1.38. The molecular formula is C26H29FN4O3S. The number of fused-ring (bicyclic) bond motifs is 1. The van der Waals surface area contributed by atoms with E-state index in [1.165, 1.54) is 23.9 Å². The first kappa shape index (κ1) is 23.8. The fraction of sp³-hybridized carbons (Fsp3) is 0.423. The Kier molecular flexibility index (Phi) is 7.34. The van der Waals surface area contributed by atoms with Crippen LogP contribution in [0.2, 0.25) is 0 Å². The Balaban J connectivity index is 1.31. The Morgan fingerprint density at radius 1 is 1.20 bits per heavy atom. The van der Waals surface area contributed by atoms with E-state index in [0.29, 0.717) is 17.5 Å². The van der Waals surface area contributed by atoms with Crippen molar-refractivity contribution in [3.8, 4) is 5.75 Å². The van der Waals surface area contributed by atoms with Gasteiger partial charge >= 0.3 is 0 Å². The Bertz CT molecular complexity index is 1170. The van der Waals surface area contributed by atoms with Crippen LogP contribution in [-0.2, 0) is 29.1 Å². The Morgan fingerprint density at radius 2 is 2.06 bits per heavy atom. The van der Waals surface area contributed by atoms with Crippen molar-refractivity contribution in [3.63, 3.8) is 0 Å². The minimum Gasteiger partial charge on any atom is -0.486 e. The molecule has 1 saturated heterocycles. The number of ether oxygens (including phenoxy) is 2. The molecule has 2 aliphatic rings. The number of anilines is 1. The van der Waals surface area contributed by atoms with Crippen LogP contribution < -0.4 is 9.64 Å². The maximum atomic E-state index is 13.7. The average molecular weight is 497 g/mol. The lowest BCUT2D eigenvalue weighted by Gasteiger charge is -2.35. The molecule has 0 unspecified atom stereocenters. The zero-order valence-corrected chi connectivity index (χ0v) is 20.5. The summed E-state index contributed by atoms with van der Waals surface area (Å²) in [5, 5.41) is 9.42. The molecule has 0 radical (unpaired) electrons. The predicted molar refractivity (Wildman–Crippen MR) is 132 cm³/mol. The quantitative estimate of drug-likeness (QED) is 0.424. The topological polar surface area (TPSA) is 69.5 Å². The minimum absolute atomic E-state index is 0.0242. The molecule has 2 aromatic carbocycles. The van der Waals surface area contributed by atoms with E-state index < -0.39 is 0 Å². The lowest BCUT2D eigenvalue weighted by Crippen LogP contribution is -2.43. The number of hydrogen-bond donors (Lipinski definition) is 0. The van der Waals surface area contributed by atoms with Crippen molar-refractivity contribution in [3.05, 3.63) is 65.7 Å². The monoisotopic (exact) mass is 496 g/mol. The fourth-order valence-electron chi connectivity index (χ4n) is 4.67. The molecule has 1 aromatic heterocycles. The molecule has 1 fully saturated rings. The van der Waals surface area contributed by atoms with Crippen molar-refractivity contribution < 1.29 is 18.7 Å². The molecule has 35 heavy (non-hydrogen) atoms. The van der Waals surface area contributed by atoms with Crippen molar-refractivity contribution in [2.45, 2.75) is 63.1 Å². The molecule has 0 N–H and O–H groups in total. The highest BCUT2D eigenvalue weighted by Crippen LogP contribution is 2.32. The predicted octanol–water partition coefficient (Wildman–Crippen LogP) is 4.64. The Labute approximate surface area is 208 Å². The molecule has 7 nitrogen and oxygen atoms in total. The fourth-order valence-corrected chi connectivity index (χ4v) is 5.49. The summed E-state index contributed by atoms with van der Waals surface area (Å²) in [6, 6.07) is 14.3. The van der Waals surface area contributed by atoms with Crippen LogP contribution in [0, 0.1) is 5.82 Å². The molecule has 184 valence electrons. The van der Waals surface area contributed by atoms with Crippen LogP contribution in [0.25, 0.3) is 0 Å². The van der Waals surface area contributed by atoms with Gasteiger partial charge in [0.2, 0.25) is 5.91 Å². The van der Waals surface area contributed by atoms with Gasteiger partial charge in [-0.25, -0.2) is 4.39 Å². The van der Waals surface area contributed by atoms with Gasteiger partial charge in [-0.3, -0.25) is 4.79 Å². The number of rotatable bonds is 8. The van der Waals surface area contributed by atoms with Crippen LogP contribution in [0.4, 0.5) is 10.1 Å². The van der Waals surface area contributed by atoms with Crippen LogP contribution in [0.3, 0.4) is 0 Å². The van der Waals surface area contributed by atoms with Crippen molar-refractivity contribution in [1.82, 2.24) is 14.8 Å². The van der Waals surface area contributed by atoms with Gasteiger partial charge in [0.1, 0.15) is 18.2 Å². The van der Waals surface area contributed by atoms with Crippen molar-refractivity contribution in [1.29, 1.82) is 0 Å². The van der Waals surface area contributed by atoms with Gasteiger partial charge in [-0.05, 0) is 68.5 Å². The maximum absolute atomic E-state index is 13.7. The van der Waals surface area contributed by atoms with E-state index in [2.05, 4.69) is 10.2 Å². The first-order valence-electron chi connectivity index (χ1n) is 12.0. The maximum Gasteiger partial charge on any atom is 0.237 e. The normalized spacial score (nSPS) is 19.5. The number of nitrogens with zero attached hydrogens (tertiary/aromatic N) is 4. The summed E-state index contributed by atoms with van der Waals surface area (Å²) in [7, 11) is 0. The van der Waals surface area contributed by atoms with Crippen LogP contribution in [0.15, 0.2) is 53.7 Å². The molecule has 2 aliphatic heterocycles.